The maximum Gasteiger partial charge on any atom is 0.407 e. The zero-order valence-corrected chi connectivity index (χ0v) is 24.5. The molecule has 0 saturated heterocycles. The summed E-state index contributed by atoms with van der Waals surface area (Å²) < 4.78 is 5.19. The van der Waals surface area contributed by atoms with Crippen LogP contribution in [0.15, 0.2) is 30.3 Å². The number of aliphatic carboxylic acids is 1. The lowest BCUT2D eigenvalue weighted by atomic mass is 10.0. The van der Waals surface area contributed by atoms with Crippen molar-refractivity contribution < 1.29 is 33.8 Å². The van der Waals surface area contributed by atoms with E-state index < -0.39 is 42.1 Å². The van der Waals surface area contributed by atoms with Gasteiger partial charge in [-0.15, -0.1) is 0 Å². The zero-order chi connectivity index (χ0) is 30.9. The van der Waals surface area contributed by atoms with Crippen LogP contribution >= 0.6 is 0 Å². The van der Waals surface area contributed by atoms with Crippen LogP contribution in [0.2, 0.25) is 0 Å². The Morgan fingerprint density at radius 3 is 2.17 bits per heavy atom. The number of nitrogens with one attached hydrogen (secondary N) is 5. The van der Waals surface area contributed by atoms with Crippen molar-refractivity contribution in [3.8, 4) is 0 Å². The number of hydrogen-bond acceptors (Lipinski definition) is 7. The van der Waals surface area contributed by atoms with E-state index in [0.717, 1.165) is 18.4 Å². The lowest BCUT2D eigenvalue weighted by Crippen LogP contribution is -2.57. The molecule has 0 spiro atoms. The van der Waals surface area contributed by atoms with Gasteiger partial charge >= 0.3 is 18.1 Å². The van der Waals surface area contributed by atoms with Crippen LogP contribution in [-0.4, -0.2) is 72.3 Å². The summed E-state index contributed by atoms with van der Waals surface area (Å²) in [5.41, 5.74) is 6.34. The zero-order valence-electron chi connectivity index (χ0n) is 24.5. The van der Waals surface area contributed by atoms with Crippen LogP contribution in [0, 0.1) is 5.92 Å². The Morgan fingerprint density at radius 1 is 0.905 bits per heavy atom. The Kier molecular flexibility index (Phi) is 15.2. The van der Waals surface area contributed by atoms with Gasteiger partial charge in [0.2, 0.25) is 11.8 Å². The molecule has 3 atom stereocenters. The summed E-state index contributed by atoms with van der Waals surface area (Å²) in [5, 5.41) is 22.8. The molecule has 0 radical (unpaired) electrons. The average Bonchev–Trinajstić information content (AvgIpc) is 3.77. The van der Waals surface area contributed by atoms with Gasteiger partial charge in [0, 0.05) is 12.6 Å². The van der Waals surface area contributed by atoms with Crippen LogP contribution < -0.4 is 32.3 Å². The fourth-order valence-electron chi connectivity index (χ4n) is 4.12. The van der Waals surface area contributed by atoms with E-state index in [1.54, 1.807) is 0 Å². The number of nitrogens with two attached hydrogens (primary N) is 1. The number of benzene rings is 1. The summed E-state index contributed by atoms with van der Waals surface area (Å²) in [4.78, 5) is 62.3. The van der Waals surface area contributed by atoms with Gasteiger partial charge in [-0.2, -0.15) is 0 Å². The SMILES string of the molecule is CC(C)[C@H](NC(=O)[C@@H](CCCCNC(=O)OCc1ccccc1)NC(=O)N[C@@H](CCCCN)C(=O)O)C(=O)NC1CC1. The van der Waals surface area contributed by atoms with Crippen molar-refractivity contribution in [2.75, 3.05) is 13.1 Å². The highest BCUT2D eigenvalue weighted by Crippen LogP contribution is 2.19. The van der Waals surface area contributed by atoms with E-state index in [1.165, 1.54) is 0 Å². The fraction of sp³-hybridized carbons (Fsp3) is 0.621. The quantitative estimate of drug-likeness (QED) is 0.118. The van der Waals surface area contributed by atoms with E-state index in [1.807, 2.05) is 44.2 Å². The first-order valence-electron chi connectivity index (χ1n) is 14.7. The number of urea groups is 1. The second-order valence-electron chi connectivity index (χ2n) is 10.8. The third-order valence-corrected chi connectivity index (χ3v) is 6.74. The number of unbranched alkanes of at least 4 members (excludes halogenated alkanes) is 2. The number of rotatable bonds is 19. The Hall–Kier alpha value is -3.87. The van der Waals surface area contributed by atoms with Crippen LogP contribution in [0.4, 0.5) is 9.59 Å². The van der Waals surface area contributed by atoms with Gasteiger partial charge < -0.3 is 42.2 Å². The molecule has 0 heterocycles. The van der Waals surface area contributed by atoms with Crippen molar-refractivity contribution in [3.05, 3.63) is 35.9 Å². The van der Waals surface area contributed by atoms with Crippen molar-refractivity contribution in [2.45, 2.75) is 96.0 Å². The van der Waals surface area contributed by atoms with E-state index >= 15 is 0 Å². The Bertz CT molecular complexity index is 1020. The summed E-state index contributed by atoms with van der Waals surface area (Å²) in [5.74, 6) is -2.23. The van der Waals surface area contributed by atoms with Crippen LogP contribution in [0.3, 0.4) is 0 Å². The Labute approximate surface area is 247 Å². The van der Waals surface area contributed by atoms with Gasteiger partial charge in [-0.05, 0) is 69.4 Å². The molecule has 234 valence electrons. The smallest absolute Gasteiger partial charge is 0.407 e. The van der Waals surface area contributed by atoms with Gasteiger partial charge in [0.05, 0.1) is 0 Å². The summed E-state index contributed by atoms with van der Waals surface area (Å²) in [6.45, 7) is 4.46. The highest BCUT2D eigenvalue weighted by molar-refractivity contribution is 5.92. The normalized spacial score (nSPS) is 14.7. The number of carboxylic acids is 1. The number of ether oxygens (including phenoxy) is 1. The van der Waals surface area contributed by atoms with E-state index in [9.17, 15) is 29.1 Å². The lowest BCUT2D eigenvalue weighted by Gasteiger charge is -2.26. The third kappa shape index (κ3) is 13.7. The van der Waals surface area contributed by atoms with Crippen LogP contribution in [0.5, 0.6) is 0 Å². The van der Waals surface area contributed by atoms with Gasteiger partial charge in [-0.25, -0.2) is 14.4 Å². The van der Waals surface area contributed by atoms with Crippen LogP contribution in [0.1, 0.15) is 70.8 Å². The number of hydrogen-bond donors (Lipinski definition) is 7. The van der Waals surface area contributed by atoms with E-state index in [-0.39, 0.29) is 43.9 Å². The molecular weight excluding hydrogens is 544 g/mol. The minimum atomic E-state index is -1.19. The molecule has 13 heteroatoms. The third-order valence-electron chi connectivity index (χ3n) is 6.74. The standard InChI is InChI=1S/C29H46N6O7/c1-19(2)24(26(37)32-21-14-15-21)35-25(36)22(33-28(40)34-23(27(38)39)13-6-8-16-30)12-7-9-17-31-29(41)42-18-20-10-4-3-5-11-20/h3-5,10-11,19,21-24H,6-9,12-18,30H2,1-2H3,(H,31,41)(H,32,37)(H,35,36)(H,38,39)(H2,33,34,40)/t22-,23+,24+/m1/s1. The Balaban J connectivity index is 1.92. The van der Waals surface area contributed by atoms with Crippen molar-refractivity contribution >= 4 is 29.9 Å². The second-order valence-corrected chi connectivity index (χ2v) is 10.8. The molecule has 1 aliphatic carbocycles. The summed E-state index contributed by atoms with van der Waals surface area (Å²) in [7, 11) is 0. The molecule has 0 bridgehead atoms. The minimum Gasteiger partial charge on any atom is -0.480 e. The van der Waals surface area contributed by atoms with E-state index in [4.69, 9.17) is 10.5 Å². The average molecular weight is 591 g/mol. The first-order chi connectivity index (χ1) is 20.1. The van der Waals surface area contributed by atoms with Gasteiger partial charge in [0.15, 0.2) is 0 Å². The summed E-state index contributed by atoms with van der Waals surface area (Å²) in [6.07, 6.45) is 3.69. The molecule has 1 saturated carbocycles. The van der Waals surface area contributed by atoms with Gasteiger partial charge in [-0.3, -0.25) is 9.59 Å². The number of carboxylic acid groups (broad SMARTS) is 1. The topological polar surface area (TPSA) is 201 Å². The van der Waals surface area contributed by atoms with Crippen molar-refractivity contribution in [3.63, 3.8) is 0 Å². The highest BCUT2D eigenvalue weighted by atomic mass is 16.5. The molecule has 1 aromatic carbocycles. The summed E-state index contributed by atoms with van der Waals surface area (Å²) >= 11 is 0. The number of carbonyl (C=O) groups excluding carboxylic acids is 4. The maximum absolute atomic E-state index is 13.3. The molecule has 0 aromatic heterocycles. The second kappa shape index (κ2) is 18.5. The summed E-state index contributed by atoms with van der Waals surface area (Å²) in [6, 6.07) is 5.61. The minimum absolute atomic E-state index is 0.120. The predicted molar refractivity (Wildman–Crippen MR) is 156 cm³/mol. The fourth-order valence-corrected chi connectivity index (χ4v) is 4.12. The largest absolute Gasteiger partial charge is 0.480 e. The molecular formula is C29H46N6O7. The van der Waals surface area contributed by atoms with Gasteiger partial charge in [-0.1, -0.05) is 44.2 Å². The van der Waals surface area contributed by atoms with Gasteiger partial charge in [0.25, 0.3) is 0 Å². The molecule has 2 rings (SSSR count). The van der Waals surface area contributed by atoms with Crippen LogP contribution in [-0.2, 0) is 25.7 Å². The first-order valence-corrected chi connectivity index (χ1v) is 14.7. The van der Waals surface area contributed by atoms with Crippen LogP contribution in [0.25, 0.3) is 0 Å². The first kappa shape index (κ1) is 34.3. The number of amides is 5. The molecule has 13 nitrogen and oxygen atoms in total. The monoisotopic (exact) mass is 590 g/mol. The maximum atomic E-state index is 13.3. The molecule has 0 unspecified atom stereocenters. The number of alkyl carbamates (subject to hydrolysis) is 1. The lowest BCUT2D eigenvalue weighted by molar-refractivity contribution is -0.139. The van der Waals surface area contributed by atoms with Crippen molar-refractivity contribution in [2.24, 2.45) is 11.7 Å². The molecule has 1 aliphatic rings. The molecule has 0 aliphatic heterocycles. The van der Waals surface area contributed by atoms with Crippen molar-refractivity contribution in [1.29, 1.82) is 0 Å². The highest BCUT2D eigenvalue weighted by Gasteiger charge is 2.32. The molecule has 8 N–H and O–H groups in total. The molecule has 5 amide bonds. The predicted octanol–water partition coefficient (Wildman–Crippen LogP) is 1.75. The molecule has 1 aromatic rings. The van der Waals surface area contributed by atoms with Crippen molar-refractivity contribution in [1.82, 2.24) is 26.6 Å². The van der Waals surface area contributed by atoms with Gasteiger partial charge in [0.1, 0.15) is 24.7 Å². The van der Waals surface area contributed by atoms with E-state index in [2.05, 4.69) is 26.6 Å². The molecule has 42 heavy (non-hydrogen) atoms. The number of carbonyl (C=O) groups is 5. The van der Waals surface area contributed by atoms with E-state index in [0.29, 0.717) is 32.2 Å². The molecule has 1 fully saturated rings. The Morgan fingerprint density at radius 2 is 1.55 bits per heavy atom.